The standard InChI is InChI=1S/C18H13NO5S/c20-12-13-10-16(14-6-2-1-3-7-14)19(11-13)25(23,24)17-9-5-4-8-15(17)18(21)22/h1-12H,(H,21,22). The molecule has 7 heteroatoms. The monoisotopic (exact) mass is 355 g/mol. The Morgan fingerprint density at radius 1 is 1.00 bits per heavy atom. The van der Waals surface area contributed by atoms with Crippen molar-refractivity contribution in [1.29, 1.82) is 0 Å². The minimum Gasteiger partial charge on any atom is -0.478 e. The molecule has 6 nitrogen and oxygen atoms in total. The lowest BCUT2D eigenvalue weighted by Gasteiger charge is -2.12. The van der Waals surface area contributed by atoms with Gasteiger partial charge in [-0.05, 0) is 23.8 Å². The van der Waals surface area contributed by atoms with Crippen molar-refractivity contribution in [2.75, 3.05) is 0 Å². The average molecular weight is 355 g/mol. The number of aromatic nitrogens is 1. The Hall–Kier alpha value is -3.19. The fraction of sp³-hybridized carbons (Fsp3) is 0. The van der Waals surface area contributed by atoms with Crippen LogP contribution in [0.5, 0.6) is 0 Å². The van der Waals surface area contributed by atoms with E-state index in [9.17, 15) is 23.1 Å². The zero-order valence-corrected chi connectivity index (χ0v) is 13.7. The summed E-state index contributed by atoms with van der Waals surface area (Å²) in [6.07, 6.45) is 1.73. The van der Waals surface area contributed by atoms with Crippen LogP contribution in [0, 0.1) is 0 Å². The number of carbonyl (C=O) groups is 2. The summed E-state index contributed by atoms with van der Waals surface area (Å²) >= 11 is 0. The molecule has 1 N–H and O–H groups in total. The first-order valence-corrected chi connectivity index (χ1v) is 8.70. The van der Waals surface area contributed by atoms with Crippen molar-refractivity contribution in [2.24, 2.45) is 0 Å². The van der Waals surface area contributed by atoms with Gasteiger partial charge in [0.05, 0.1) is 11.3 Å². The van der Waals surface area contributed by atoms with Gasteiger partial charge in [-0.3, -0.25) is 4.79 Å². The molecule has 0 aliphatic carbocycles. The van der Waals surface area contributed by atoms with E-state index in [1.165, 1.54) is 36.5 Å². The highest BCUT2D eigenvalue weighted by Crippen LogP contribution is 2.28. The third-order valence-electron chi connectivity index (χ3n) is 3.67. The van der Waals surface area contributed by atoms with E-state index >= 15 is 0 Å². The molecular formula is C18H13NO5S. The van der Waals surface area contributed by atoms with Crippen molar-refractivity contribution in [3.63, 3.8) is 0 Å². The second-order valence-corrected chi connectivity index (χ2v) is 7.03. The summed E-state index contributed by atoms with van der Waals surface area (Å²) in [5, 5.41) is 9.28. The number of rotatable bonds is 5. The molecule has 0 unspecified atom stereocenters. The van der Waals surface area contributed by atoms with Gasteiger partial charge in [0.2, 0.25) is 0 Å². The van der Waals surface area contributed by atoms with Crippen molar-refractivity contribution in [2.45, 2.75) is 4.90 Å². The van der Waals surface area contributed by atoms with Crippen LogP contribution in [0.2, 0.25) is 0 Å². The summed E-state index contributed by atoms with van der Waals surface area (Å²) in [6.45, 7) is 0. The molecule has 3 aromatic rings. The van der Waals surface area contributed by atoms with Crippen LogP contribution in [-0.4, -0.2) is 29.8 Å². The Bertz CT molecular complexity index is 1050. The molecule has 0 aliphatic rings. The second kappa shape index (κ2) is 6.37. The molecule has 0 saturated heterocycles. The van der Waals surface area contributed by atoms with E-state index in [1.54, 1.807) is 30.3 Å². The van der Waals surface area contributed by atoms with Gasteiger partial charge in [0.15, 0.2) is 6.29 Å². The van der Waals surface area contributed by atoms with Crippen molar-refractivity contribution in [3.05, 3.63) is 78.0 Å². The highest BCUT2D eigenvalue weighted by atomic mass is 32.2. The van der Waals surface area contributed by atoms with Crippen LogP contribution in [-0.2, 0) is 10.0 Å². The number of carboxylic acids is 1. The Balaban J connectivity index is 2.28. The number of aldehydes is 1. The van der Waals surface area contributed by atoms with Gasteiger partial charge in [0, 0.05) is 11.8 Å². The van der Waals surface area contributed by atoms with Crippen LogP contribution in [0.25, 0.3) is 11.3 Å². The minimum atomic E-state index is -4.21. The molecule has 1 aromatic heterocycles. The zero-order valence-electron chi connectivity index (χ0n) is 12.9. The smallest absolute Gasteiger partial charge is 0.337 e. The molecule has 0 saturated carbocycles. The number of carboxylic acid groups (broad SMARTS) is 1. The summed E-state index contributed by atoms with van der Waals surface area (Å²) in [5.74, 6) is -1.34. The predicted molar refractivity (Wildman–Crippen MR) is 91.2 cm³/mol. The molecule has 25 heavy (non-hydrogen) atoms. The Morgan fingerprint density at radius 3 is 2.28 bits per heavy atom. The van der Waals surface area contributed by atoms with Crippen molar-refractivity contribution >= 4 is 22.3 Å². The maximum atomic E-state index is 13.1. The Kier molecular flexibility index (Phi) is 4.24. The highest BCUT2D eigenvalue weighted by molar-refractivity contribution is 7.90. The average Bonchev–Trinajstić information content (AvgIpc) is 3.08. The first kappa shape index (κ1) is 16.7. The second-order valence-electron chi connectivity index (χ2n) is 5.24. The molecule has 0 radical (unpaired) electrons. The first-order chi connectivity index (χ1) is 11.9. The maximum Gasteiger partial charge on any atom is 0.337 e. The molecule has 3 rings (SSSR count). The van der Waals surface area contributed by atoms with Crippen LogP contribution >= 0.6 is 0 Å². The molecule has 0 bridgehead atoms. The van der Waals surface area contributed by atoms with Gasteiger partial charge in [-0.25, -0.2) is 17.2 Å². The third-order valence-corrected chi connectivity index (χ3v) is 5.40. The van der Waals surface area contributed by atoms with E-state index < -0.39 is 16.0 Å². The lowest BCUT2D eigenvalue weighted by atomic mass is 10.1. The number of nitrogens with zero attached hydrogens (tertiary/aromatic N) is 1. The predicted octanol–water partition coefficient (Wildman–Crippen LogP) is 2.90. The first-order valence-electron chi connectivity index (χ1n) is 7.26. The molecular weight excluding hydrogens is 342 g/mol. The SMILES string of the molecule is O=Cc1cc(-c2ccccc2)n(S(=O)(=O)c2ccccc2C(=O)O)c1. The molecule has 126 valence electrons. The van der Waals surface area contributed by atoms with Gasteiger partial charge < -0.3 is 5.11 Å². The van der Waals surface area contributed by atoms with Crippen LogP contribution in [0.4, 0.5) is 0 Å². The van der Waals surface area contributed by atoms with Crippen molar-refractivity contribution in [1.82, 2.24) is 3.97 Å². The molecule has 0 aliphatic heterocycles. The van der Waals surface area contributed by atoms with Gasteiger partial charge in [-0.1, -0.05) is 42.5 Å². The van der Waals surface area contributed by atoms with Crippen LogP contribution in [0.3, 0.4) is 0 Å². The fourth-order valence-corrected chi connectivity index (χ4v) is 4.09. The van der Waals surface area contributed by atoms with E-state index in [-0.39, 0.29) is 21.7 Å². The molecule has 0 atom stereocenters. The zero-order chi connectivity index (χ0) is 18.0. The van der Waals surface area contributed by atoms with E-state index in [2.05, 4.69) is 0 Å². The number of hydrogen-bond donors (Lipinski definition) is 1. The largest absolute Gasteiger partial charge is 0.478 e. The lowest BCUT2D eigenvalue weighted by molar-refractivity contribution is 0.0692. The number of aromatic carboxylic acids is 1. The third kappa shape index (κ3) is 2.97. The van der Waals surface area contributed by atoms with Crippen LogP contribution < -0.4 is 0 Å². The van der Waals surface area contributed by atoms with Crippen LogP contribution in [0.15, 0.2) is 71.8 Å². The van der Waals surface area contributed by atoms with Gasteiger partial charge >= 0.3 is 5.97 Å². The molecule has 0 fully saturated rings. The summed E-state index contributed by atoms with van der Waals surface area (Å²) in [4.78, 5) is 22.2. The normalized spacial score (nSPS) is 11.2. The van der Waals surface area contributed by atoms with E-state index in [1.807, 2.05) is 0 Å². The lowest BCUT2D eigenvalue weighted by Crippen LogP contribution is -2.17. The number of carbonyl (C=O) groups excluding carboxylic acids is 1. The maximum absolute atomic E-state index is 13.1. The minimum absolute atomic E-state index is 0.176. The number of hydrogen-bond acceptors (Lipinski definition) is 4. The summed E-state index contributed by atoms with van der Waals surface area (Å²) < 4.78 is 27.1. The summed E-state index contributed by atoms with van der Waals surface area (Å²) in [7, 11) is -4.21. The Labute approximate surface area is 144 Å². The molecule has 2 aromatic carbocycles. The molecule has 1 heterocycles. The van der Waals surface area contributed by atoms with Crippen molar-refractivity contribution < 1.29 is 23.1 Å². The topological polar surface area (TPSA) is 93.4 Å². The van der Waals surface area contributed by atoms with E-state index in [4.69, 9.17) is 0 Å². The number of benzene rings is 2. The van der Waals surface area contributed by atoms with E-state index in [0.717, 1.165) is 3.97 Å². The van der Waals surface area contributed by atoms with Crippen LogP contribution in [0.1, 0.15) is 20.7 Å². The van der Waals surface area contributed by atoms with E-state index in [0.29, 0.717) is 11.8 Å². The Morgan fingerprint density at radius 2 is 1.64 bits per heavy atom. The van der Waals surface area contributed by atoms with Gasteiger partial charge in [-0.15, -0.1) is 0 Å². The van der Waals surface area contributed by atoms with Crippen molar-refractivity contribution in [3.8, 4) is 11.3 Å². The van der Waals surface area contributed by atoms with Gasteiger partial charge in [-0.2, -0.15) is 0 Å². The van der Waals surface area contributed by atoms with Gasteiger partial charge in [0.1, 0.15) is 4.90 Å². The summed E-state index contributed by atoms with van der Waals surface area (Å²) in [5.41, 5.74) is 0.716. The molecule has 0 spiro atoms. The highest BCUT2D eigenvalue weighted by Gasteiger charge is 2.26. The quantitative estimate of drug-likeness (QED) is 0.710. The molecule has 0 amide bonds. The fourth-order valence-electron chi connectivity index (χ4n) is 2.52. The van der Waals surface area contributed by atoms with Gasteiger partial charge in [0.25, 0.3) is 10.0 Å². The summed E-state index contributed by atoms with van der Waals surface area (Å²) in [6, 6.07) is 15.5.